The summed E-state index contributed by atoms with van der Waals surface area (Å²) >= 11 is 0. The van der Waals surface area contributed by atoms with Crippen molar-refractivity contribution in [3.63, 3.8) is 0 Å². The topological polar surface area (TPSA) is 59.1 Å². The fraction of sp³-hybridized carbons (Fsp3) is 0.692. The van der Waals surface area contributed by atoms with Gasteiger partial charge in [0.15, 0.2) is 0 Å². The van der Waals surface area contributed by atoms with E-state index in [0.717, 1.165) is 43.4 Å². The number of ether oxygens (including phenoxy) is 1. The molecule has 1 fully saturated rings. The molecule has 2 rings (SSSR count). The van der Waals surface area contributed by atoms with E-state index in [4.69, 9.17) is 4.74 Å². The highest BCUT2D eigenvalue weighted by atomic mass is 16.5. The maximum Gasteiger partial charge on any atom is 0.135 e. The third-order valence-electron chi connectivity index (χ3n) is 3.08. The lowest BCUT2D eigenvalue weighted by Crippen LogP contribution is -2.22. The average molecular weight is 250 g/mol. The van der Waals surface area contributed by atoms with Gasteiger partial charge in [-0.15, -0.1) is 0 Å². The summed E-state index contributed by atoms with van der Waals surface area (Å²) in [5.74, 6) is 2.25. The Kier molecular flexibility index (Phi) is 4.36. The van der Waals surface area contributed by atoms with Crippen LogP contribution >= 0.6 is 0 Å². The fourth-order valence-corrected chi connectivity index (χ4v) is 2.21. The van der Waals surface area contributed by atoms with Crippen LogP contribution in [-0.4, -0.2) is 35.8 Å². The quantitative estimate of drug-likeness (QED) is 0.839. The Morgan fingerprint density at radius 2 is 2.17 bits per heavy atom. The Morgan fingerprint density at radius 3 is 2.78 bits per heavy atom. The second kappa shape index (κ2) is 6.00. The van der Waals surface area contributed by atoms with Crippen LogP contribution in [0.2, 0.25) is 0 Å². The van der Waals surface area contributed by atoms with Crippen molar-refractivity contribution in [2.45, 2.75) is 39.2 Å². The standard InChI is InChI=1S/C13H22N4O/c1-4-14-12-11(9(2)3)13(16-8-15-12)17-10-5-6-18-7-10/h8-10H,4-7H2,1-3H3,(H2,14,15,16,17). The second-order valence-corrected chi connectivity index (χ2v) is 4.87. The number of nitrogens with one attached hydrogen (secondary N) is 2. The Labute approximate surface area is 108 Å². The summed E-state index contributed by atoms with van der Waals surface area (Å²) < 4.78 is 5.39. The van der Waals surface area contributed by atoms with Crippen molar-refractivity contribution < 1.29 is 4.74 Å². The first-order chi connectivity index (χ1) is 8.72. The molecule has 0 amide bonds. The molecule has 0 aromatic carbocycles. The van der Waals surface area contributed by atoms with Gasteiger partial charge in [-0.2, -0.15) is 0 Å². The molecule has 1 aromatic rings. The highest BCUT2D eigenvalue weighted by Gasteiger charge is 2.20. The maximum atomic E-state index is 5.39. The second-order valence-electron chi connectivity index (χ2n) is 4.87. The number of anilines is 2. The Balaban J connectivity index is 2.23. The molecule has 1 atom stereocenters. The van der Waals surface area contributed by atoms with E-state index in [1.807, 2.05) is 0 Å². The van der Waals surface area contributed by atoms with Gasteiger partial charge in [0.1, 0.15) is 18.0 Å². The minimum atomic E-state index is 0.367. The molecule has 0 bridgehead atoms. The van der Waals surface area contributed by atoms with Crippen molar-refractivity contribution >= 4 is 11.6 Å². The number of rotatable bonds is 5. The van der Waals surface area contributed by atoms with Gasteiger partial charge in [-0.1, -0.05) is 13.8 Å². The summed E-state index contributed by atoms with van der Waals surface area (Å²) in [7, 11) is 0. The highest BCUT2D eigenvalue weighted by Crippen LogP contribution is 2.29. The predicted octanol–water partition coefficient (Wildman–Crippen LogP) is 2.23. The third kappa shape index (κ3) is 2.90. The van der Waals surface area contributed by atoms with E-state index >= 15 is 0 Å². The van der Waals surface area contributed by atoms with E-state index in [9.17, 15) is 0 Å². The van der Waals surface area contributed by atoms with Crippen molar-refractivity contribution in [3.8, 4) is 0 Å². The zero-order valence-corrected chi connectivity index (χ0v) is 11.4. The van der Waals surface area contributed by atoms with E-state index in [2.05, 4.69) is 41.4 Å². The first kappa shape index (κ1) is 13.1. The van der Waals surface area contributed by atoms with Crippen LogP contribution in [0.3, 0.4) is 0 Å². The van der Waals surface area contributed by atoms with E-state index < -0.39 is 0 Å². The molecule has 2 heterocycles. The minimum absolute atomic E-state index is 0.367. The van der Waals surface area contributed by atoms with E-state index in [1.165, 1.54) is 0 Å². The summed E-state index contributed by atoms with van der Waals surface area (Å²) in [6, 6.07) is 0.367. The van der Waals surface area contributed by atoms with Gasteiger partial charge in [0.05, 0.1) is 12.6 Å². The van der Waals surface area contributed by atoms with Crippen molar-refractivity contribution in [2.24, 2.45) is 0 Å². The van der Waals surface area contributed by atoms with Gasteiger partial charge in [0, 0.05) is 18.7 Å². The van der Waals surface area contributed by atoms with Crippen LogP contribution in [0.5, 0.6) is 0 Å². The Morgan fingerprint density at radius 1 is 1.39 bits per heavy atom. The van der Waals surface area contributed by atoms with Gasteiger partial charge >= 0.3 is 0 Å². The van der Waals surface area contributed by atoms with Crippen LogP contribution in [0.15, 0.2) is 6.33 Å². The van der Waals surface area contributed by atoms with Gasteiger partial charge in [-0.3, -0.25) is 0 Å². The molecular weight excluding hydrogens is 228 g/mol. The van der Waals surface area contributed by atoms with Crippen LogP contribution < -0.4 is 10.6 Å². The van der Waals surface area contributed by atoms with Crippen molar-refractivity contribution in [1.82, 2.24) is 9.97 Å². The molecule has 5 nitrogen and oxygen atoms in total. The van der Waals surface area contributed by atoms with Crippen LogP contribution in [0.4, 0.5) is 11.6 Å². The van der Waals surface area contributed by atoms with E-state index in [1.54, 1.807) is 6.33 Å². The number of hydrogen-bond acceptors (Lipinski definition) is 5. The molecule has 1 unspecified atom stereocenters. The lowest BCUT2D eigenvalue weighted by molar-refractivity contribution is 0.195. The monoisotopic (exact) mass is 250 g/mol. The van der Waals surface area contributed by atoms with Crippen molar-refractivity contribution in [3.05, 3.63) is 11.9 Å². The van der Waals surface area contributed by atoms with Gasteiger partial charge < -0.3 is 15.4 Å². The molecule has 1 saturated heterocycles. The van der Waals surface area contributed by atoms with Gasteiger partial charge in [-0.05, 0) is 19.3 Å². The summed E-state index contributed by atoms with van der Waals surface area (Å²) in [4.78, 5) is 8.72. The molecule has 1 aliphatic heterocycles. The van der Waals surface area contributed by atoms with Crippen LogP contribution in [-0.2, 0) is 4.74 Å². The van der Waals surface area contributed by atoms with E-state index in [0.29, 0.717) is 12.0 Å². The highest BCUT2D eigenvalue weighted by molar-refractivity contribution is 5.59. The molecule has 0 saturated carbocycles. The van der Waals surface area contributed by atoms with E-state index in [-0.39, 0.29) is 0 Å². The fourth-order valence-electron chi connectivity index (χ4n) is 2.21. The Bertz CT molecular complexity index is 389. The summed E-state index contributed by atoms with van der Waals surface area (Å²) in [5, 5.41) is 6.77. The molecule has 1 aliphatic rings. The molecule has 100 valence electrons. The first-order valence-electron chi connectivity index (χ1n) is 6.65. The molecule has 0 spiro atoms. The zero-order valence-electron chi connectivity index (χ0n) is 11.4. The smallest absolute Gasteiger partial charge is 0.135 e. The lowest BCUT2D eigenvalue weighted by atomic mass is 10.0. The predicted molar refractivity (Wildman–Crippen MR) is 73.1 cm³/mol. The average Bonchev–Trinajstić information content (AvgIpc) is 2.82. The zero-order chi connectivity index (χ0) is 13.0. The SMILES string of the molecule is CCNc1ncnc(NC2CCOC2)c1C(C)C. The number of nitrogens with zero attached hydrogens (tertiary/aromatic N) is 2. The summed E-state index contributed by atoms with van der Waals surface area (Å²) in [6.07, 6.45) is 2.65. The molecular formula is C13H22N4O. The normalized spacial score (nSPS) is 19.2. The van der Waals surface area contributed by atoms with Gasteiger partial charge in [0.25, 0.3) is 0 Å². The maximum absolute atomic E-state index is 5.39. The van der Waals surface area contributed by atoms with Gasteiger partial charge in [0.2, 0.25) is 0 Å². The van der Waals surface area contributed by atoms with Crippen molar-refractivity contribution in [1.29, 1.82) is 0 Å². The van der Waals surface area contributed by atoms with Gasteiger partial charge in [-0.25, -0.2) is 9.97 Å². The largest absolute Gasteiger partial charge is 0.379 e. The molecule has 18 heavy (non-hydrogen) atoms. The molecule has 1 aromatic heterocycles. The molecule has 0 aliphatic carbocycles. The number of hydrogen-bond donors (Lipinski definition) is 2. The summed E-state index contributed by atoms with van der Waals surface area (Å²) in [6.45, 7) is 8.86. The lowest BCUT2D eigenvalue weighted by Gasteiger charge is -2.19. The number of aromatic nitrogens is 2. The van der Waals surface area contributed by atoms with Crippen LogP contribution in [0.25, 0.3) is 0 Å². The van der Waals surface area contributed by atoms with Crippen LogP contribution in [0.1, 0.15) is 38.7 Å². The third-order valence-corrected chi connectivity index (χ3v) is 3.08. The minimum Gasteiger partial charge on any atom is -0.379 e. The Hall–Kier alpha value is -1.36. The summed E-state index contributed by atoms with van der Waals surface area (Å²) in [5.41, 5.74) is 1.16. The van der Waals surface area contributed by atoms with Crippen LogP contribution in [0, 0.1) is 0 Å². The first-order valence-corrected chi connectivity index (χ1v) is 6.65. The molecule has 5 heteroatoms. The molecule has 0 radical (unpaired) electrons. The molecule has 2 N–H and O–H groups in total. The van der Waals surface area contributed by atoms with Crippen molar-refractivity contribution in [2.75, 3.05) is 30.4 Å².